The van der Waals surface area contributed by atoms with Crippen molar-refractivity contribution in [3.63, 3.8) is 0 Å². The van der Waals surface area contributed by atoms with Gasteiger partial charge in [0.2, 0.25) is 0 Å². The van der Waals surface area contributed by atoms with Crippen molar-refractivity contribution >= 4 is 0 Å². The van der Waals surface area contributed by atoms with E-state index in [1.165, 1.54) is 12.0 Å². The molecule has 1 saturated heterocycles. The van der Waals surface area contributed by atoms with Crippen molar-refractivity contribution in [3.05, 3.63) is 35.1 Å². The first-order chi connectivity index (χ1) is 9.36. The van der Waals surface area contributed by atoms with Crippen molar-refractivity contribution in [2.75, 3.05) is 19.6 Å². The highest BCUT2D eigenvalue weighted by atomic mass is 19.1. The first kappa shape index (κ1) is 15.5. The Morgan fingerprint density at radius 1 is 1.35 bits per heavy atom. The highest BCUT2D eigenvalue weighted by Crippen LogP contribution is 2.23. The highest BCUT2D eigenvalue weighted by Gasteiger charge is 2.28. The largest absolute Gasteiger partial charge is 0.312 e. The van der Waals surface area contributed by atoms with Crippen LogP contribution in [0.1, 0.15) is 38.3 Å². The van der Waals surface area contributed by atoms with Crippen LogP contribution in [0.15, 0.2) is 18.2 Å². The summed E-state index contributed by atoms with van der Waals surface area (Å²) >= 11 is 0. The average molecular weight is 278 g/mol. The summed E-state index contributed by atoms with van der Waals surface area (Å²) in [5.74, 6) is -0.142. The van der Waals surface area contributed by atoms with Crippen LogP contribution in [0.5, 0.6) is 0 Å². The highest BCUT2D eigenvalue weighted by molar-refractivity contribution is 5.26. The Kier molecular flexibility index (Phi) is 4.82. The maximum absolute atomic E-state index is 13.2. The fraction of sp³-hybridized carbons (Fsp3) is 0.647. The first-order valence-corrected chi connectivity index (χ1v) is 7.57. The van der Waals surface area contributed by atoms with E-state index in [4.69, 9.17) is 0 Å². The van der Waals surface area contributed by atoms with Crippen molar-refractivity contribution in [2.24, 2.45) is 5.41 Å². The zero-order valence-electron chi connectivity index (χ0n) is 13.2. The van der Waals surface area contributed by atoms with Crippen LogP contribution in [0.2, 0.25) is 0 Å². The van der Waals surface area contributed by atoms with Crippen molar-refractivity contribution in [1.82, 2.24) is 10.2 Å². The molecule has 1 aliphatic rings. The molecule has 1 N–H and O–H groups in total. The fourth-order valence-electron chi connectivity index (χ4n) is 2.79. The number of hydrogen-bond acceptors (Lipinski definition) is 2. The molecule has 1 heterocycles. The molecule has 0 saturated carbocycles. The normalized spacial score (nSPS) is 21.8. The van der Waals surface area contributed by atoms with Crippen molar-refractivity contribution in [1.29, 1.82) is 0 Å². The Labute approximate surface area is 122 Å². The molecule has 0 amide bonds. The predicted octanol–water partition coefficient (Wildman–Crippen LogP) is 3.34. The predicted molar refractivity (Wildman–Crippen MR) is 82.3 cm³/mol. The lowest BCUT2D eigenvalue weighted by molar-refractivity contribution is 0.192. The Balaban J connectivity index is 2.07. The summed E-state index contributed by atoms with van der Waals surface area (Å²) in [6.45, 7) is 13.0. The summed E-state index contributed by atoms with van der Waals surface area (Å²) < 4.78 is 13.2. The molecular weight excluding hydrogens is 251 g/mol. The molecule has 112 valence electrons. The standard InChI is InChI=1S/C17H27FN2/c1-13-10-15(18)7-6-14(13)11-20-9-5-8-19-16(12-20)17(2,3)4/h6-7,10,16,19H,5,8-9,11-12H2,1-4H3. The molecule has 2 rings (SSSR count). The summed E-state index contributed by atoms with van der Waals surface area (Å²) in [6.07, 6.45) is 1.17. The number of nitrogens with one attached hydrogen (secondary N) is 1. The summed E-state index contributed by atoms with van der Waals surface area (Å²) in [5.41, 5.74) is 2.55. The third-order valence-electron chi connectivity index (χ3n) is 4.23. The second-order valence-corrected chi connectivity index (χ2v) is 7.03. The maximum atomic E-state index is 13.2. The number of benzene rings is 1. The van der Waals surface area contributed by atoms with Crippen LogP contribution < -0.4 is 5.32 Å². The van der Waals surface area contributed by atoms with E-state index in [-0.39, 0.29) is 11.2 Å². The summed E-state index contributed by atoms with van der Waals surface area (Å²) in [4.78, 5) is 2.50. The smallest absolute Gasteiger partial charge is 0.123 e. The lowest BCUT2D eigenvalue weighted by Gasteiger charge is -2.34. The number of hydrogen-bond donors (Lipinski definition) is 1. The molecule has 1 aromatic rings. The van der Waals surface area contributed by atoms with Crippen LogP contribution >= 0.6 is 0 Å². The SMILES string of the molecule is Cc1cc(F)ccc1CN1CCCNC(C(C)(C)C)C1. The minimum Gasteiger partial charge on any atom is -0.312 e. The van der Waals surface area contributed by atoms with Crippen molar-refractivity contribution in [3.8, 4) is 0 Å². The lowest BCUT2D eigenvalue weighted by atomic mass is 9.86. The molecule has 3 heteroatoms. The summed E-state index contributed by atoms with van der Waals surface area (Å²) in [7, 11) is 0. The van der Waals surface area contributed by atoms with E-state index in [1.807, 2.05) is 13.0 Å². The van der Waals surface area contributed by atoms with Gasteiger partial charge in [0, 0.05) is 19.1 Å². The molecule has 1 fully saturated rings. The Morgan fingerprint density at radius 3 is 2.75 bits per heavy atom. The number of rotatable bonds is 2. The lowest BCUT2D eigenvalue weighted by Crippen LogP contribution is -2.46. The molecule has 2 nitrogen and oxygen atoms in total. The van der Waals surface area contributed by atoms with Crippen LogP contribution in [0.4, 0.5) is 4.39 Å². The third kappa shape index (κ3) is 4.03. The van der Waals surface area contributed by atoms with Gasteiger partial charge in [0.25, 0.3) is 0 Å². The van der Waals surface area contributed by atoms with E-state index >= 15 is 0 Å². The molecular formula is C17H27FN2. The van der Waals surface area contributed by atoms with Gasteiger partial charge in [-0.2, -0.15) is 0 Å². The molecule has 1 aromatic carbocycles. The molecule has 1 aliphatic heterocycles. The molecule has 0 aromatic heterocycles. The van der Waals surface area contributed by atoms with Gasteiger partial charge < -0.3 is 5.32 Å². The van der Waals surface area contributed by atoms with Gasteiger partial charge in [-0.25, -0.2) is 4.39 Å². The van der Waals surface area contributed by atoms with Crippen LogP contribution in [-0.2, 0) is 6.54 Å². The van der Waals surface area contributed by atoms with Gasteiger partial charge in [0.05, 0.1) is 0 Å². The third-order valence-corrected chi connectivity index (χ3v) is 4.23. The number of nitrogens with zero attached hydrogens (tertiary/aromatic N) is 1. The molecule has 20 heavy (non-hydrogen) atoms. The number of aryl methyl sites for hydroxylation is 1. The Hall–Kier alpha value is -0.930. The number of halogens is 1. The van der Waals surface area contributed by atoms with Crippen molar-refractivity contribution < 1.29 is 4.39 Å². The summed E-state index contributed by atoms with van der Waals surface area (Å²) in [5, 5.41) is 3.66. The Bertz CT molecular complexity index is 451. The van der Waals surface area contributed by atoms with Gasteiger partial charge in [-0.1, -0.05) is 26.8 Å². The molecule has 0 bridgehead atoms. The molecule has 0 spiro atoms. The quantitative estimate of drug-likeness (QED) is 0.892. The second kappa shape index (κ2) is 6.23. The van der Waals surface area contributed by atoms with E-state index in [0.717, 1.165) is 31.7 Å². The van der Waals surface area contributed by atoms with Gasteiger partial charge in [-0.15, -0.1) is 0 Å². The van der Waals surface area contributed by atoms with Crippen LogP contribution in [0, 0.1) is 18.2 Å². The first-order valence-electron chi connectivity index (χ1n) is 7.57. The summed E-state index contributed by atoms with van der Waals surface area (Å²) in [6, 6.07) is 5.63. The van der Waals surface area contributed by atoms with E-state index in [0.29, 0.717) is 6.04 Å². The van der Waals surface area contributed by atoms with Gasteiger partial charge >= 0.3 is 0 Å². The molecule has 0 radical (unpaired) electrons. The minimum absolute atomic E-state index is 0.142. The minimum atomic E-state index is -0.142. The van der Waals surface area contributed by atoms with Crippen LogP contribution in [0.3, 0.4) is 0 Å². The molecule has 0 aliphatic carbocycles. The van der Waals surface area contributed by atoms with E-state index in [9.17, 15) is 4.39 Å². The monoisotopic (exact) mass is 278 g/mol. The van der Waals surface area contributed by atoms with Gasteiger partial charge in [0.15, 0.2) is 0 Å². The molecule has 1 unspecified atom stereocenters. The van der Waals surface area contributed by atoms with E-state index < -0.39 is 0 Å². The zero-order valence-corrected chi connectivity index (χ0v) is 13.2. The van der Waals surface area contributed by atoms with Crippen LogP contribution in [-0.4, -0.2) is 30.6 Å². The van der Waals surface area contributed by atoms with E-state index in [1.54, 1.807) is 12.1 Å². The van der Waals surface area contributed by atoms with Crippen LogP contribution in [0.25, 0.3) is 0 Å². The van der Waals surface area contributed by atoms with E-state index in [2.05, 4.69) is 31.0 Å². The Morgan fingerprint density at radius 2 is 2.10 bits per heavy atom. The fourth-order valence-corrected chi connectivity index (χ4v) is 2.79. The molecule has 1 atom stereocenters. The van der Waals surface area contributed by atoms with Gasteiger partial charge in [-0.3, -0.25) is 4.90 Å². The van der Waals surface area contributed by atoms with Gasteiger partial charge in [0.1, 0.15) is 5.82 Å². The van der Waals surface area contributed by atoms with Gasteiger partial charge in [-0.05, 0) is 55.1 Å². The zero-order chi connectivity index (χ0) is 14.8. The topological polar surface area (TPSA) is 15.3 Å². The van der Waals surface area contributed by atoms with Crippen molar-refractivity contribution in [2.45, 2.75) is 46.7 Å². The second-order valence-electron chi connectivity index (χ2n) is 7.03. The maximum Gasteiger partial charge on any atom is 0.123 e. The average Bonchev–Trinajstić information content (AvgIpc) is 2.58.